The summed E-state index contributed by atoms with van der Waals surface area (Å²) in [4.78, 5) is 0. The molecule has 0 spiro atoms. The summed E-state index contributed by atoms with van der Waals surface area (Å²) < 4.78 is 45.4. The first-order chi connectivity index (χ1) is 5.62. The van der Waals surface area contributed by atoms with Gasteiger partial charge in [-0.05, 0) is 6.92 Å². The van der Waals surface area contributed by atoms with Crippen LogP contribution in [0.4, 0.5) is 0 Å². The third-order valence-electron chi connectivity index (χ3n) is 0.994. The van der Waals surface area contributed by atoms with Gasteiger partial charge >= 0.3 is 0 Å². The van der Waals surface area contributed by atoms with Crippen molar-refractivity contribution in [3.8, 4) is 0 Å². The molecule has 0 bridgehead atoms. The zero-order chi connectivity index (χ0) is 10.7. The molecule has 13 heavy (non-hydrogen) atoms. The Labute approximate surface area is 78.5 Å². The molecule has 0 aromatic heterocycles. The van der Waals surface area contributed by atoms with E-state index in [9.17, 15) is 16.8 Å². The normalized spacial score (nSPS) is 15.6. The summed E-state index contributed by atoms with van der Waals surface area (Å²) in [5.74, 6) is 0. The predicted octanol–water partition coefficient (Wildman–Crippen LogP) is -1.74. The van der Waals surface area contributed by atoms with Crippen LogP contribution in [0.3, 0.4) is 0 Å². The van der Waals surface area contributed by atoms with E-state index in [1.807, 2.05) is 0 Å². The highest BCUT2D eigenvalue weighted by atomic mass is 32.3. The van der Waals surface area contributed by atoms with Gasteiger partial charge in [0.05, 0.1) is 0 Å². The molecule has 1 unspecified atom stereocenters. The Balaban J connectivity index is 4.28. The van der Waals surface area contributed by atoms with Gasteiger partial charge in [-0.15, -0.1) is 0 Å². The highest BCUT2D eigenvalue weighted by Gasteiger charge is 2.17. The minimum atomic E-state index is -3.75. The van der Waals surface area contributed by atoms with Gasteiger partial charge in [0, 0.05) is 18.8 Å². The lowest BCUT2D eigenvalue weighted by Crippen LogP contribution is -2.37. The summed E-state index contributed by atoms with van der Waals surface area (Å²) in [7, 11) is -7.27. The van der Waals surface area contributed by atoms with E-state index in [1.54, 1.807) is 6.92 Å². The molecule has 0 rings (SSSR count). The van der Waals surface area contributed by atoms with E-state index in [-0.39, 0.29) is 12.6 Å². The van der Waals surface area contributed by atoms with Crippen LogP contribution in [0.25, 0.3) is 0 Å². The van der Waals surface area contributed by atoms with Crippen LogP contribution >= 0.6 is 0 Å². The summed E-state index contributed by atoms with van der Waals surface area (Å²) in [6.07, 6.45) is 0.859. The number of hydrogen-bond acceptors (Lipinski definition) is 5. The second-order valence-electron chi connectivity index (χ2n) is 2.98. The molecule has 80 valence electrons. The fraction of sp³-hybridized carbons (Fsp3) is 1.00. The fourth-order valence-corrected chi connectivity index (χ4v) is 3.69. The molecule has 0 fully saturated rings. The number of hydrogen-bond donors (Lipinski definition) is 2. The third kappa shape index (κ3) is 8.16. The van der Waals surface area contributed by atoms with Crippen molar-refractivity contribution < 1.29 is 16.8 Å². The van der Waals surface area contributed by atoms with Gasteiger partial charge in [-0.1, -0.05) is 0 Å². The number of nitrogens with one attached hydrogen (secondary N) is 1. The Morgan fingerprint density at radius 2 is 1.77 bits per heavy atom. The Kier molecular flexibility index (Phi) is 4.30. The van der Waals surface area contributed by atoms with Gasteiger partial charge in [0.2, 0.25) is 10.0 Å². The summed E-state index contributed by atoms with van der Waals surface area (Å²) in [6.45, 7) is 1.65. The Bertz CT molecular complexity index is 343. The summed E-state index contributed by atoms with van der Waals surface area (Å²) in [5.41, 5.74) is 5.29. The van der Waals surface area contributed by atoms with Gasteiger partial charge < -0.3 is 5.73 Å². The highest BCUT2D eigenvalue weighted by Crippen LogP contribution is 1.91. The lowest BCUT2D eigenvalue weighted by atomic mass is 10.4. The fourth-order valence-electron chi connectivity index (χ4n) is 0.582. The summed E-state index contributed by atoms with van der Waals surface area (Å²) >= 11 is 0. The second kappa shape index (κ2) is 4.36. The van der Waals surface area contributed by atoms with Gasteiger partial charge in [0.25, 0.3) is 0 Å². The molecule has 0 aromatic carbocycles. The van der Waals surface area contributed by atoms with Crippen LogP contribution in [0, 0.1) is 0 Å². The monoisotopic (exact) mass is 230 g/mol. The Hall–Kier alpha value is -0.180. The van der Waals surface area contributed by atoms with Crippen molar-refractivity contribution in [1.29, 1.82) is 0 Å². The van der Waals surface area contributed by atoms with Crippen LogP contribution in [0.5, 0.6) is 0 Å². The maximum atomic E-state index is 11.0. The maximum Gasteiger partial charge on any atom is 0.226 e. The first-order valence-corrected chi connectivity index (χ1v) is 7.24. The van der Waals surface area contributed by atoms with Crippen LogP contribution in [0.15, 0.2) is 0 Å². The van der Waals surface area contributed by atoms with E-state index >= 15 is 0 Å². The first-order valence-electron chi connectivity index (χ1n) is 3.53. The maximum absolute atomic E-state index is 11.0. The van der Waals surface area contributed by atoms with Crippen LogP contribution in [-0.2, 0) is 19.9 Å². The van der Waals surface area contributed by atoms with E-state index in [1.165, 1.54) is 0 Å². The largest absolute Gasteiger partial charge is 0.327 e. The van der Waals surface area contributed by atoms with Crippen LogP contribution in [0.1, 0.15) is 6.92 Å². The lowest BCUT2D eigenvalue weighted by Gasteiger charge is -2.07. The SMILES string of the molecule is CC(N)CNS(=O)(=O)CS(C)(=O)=O. The molecule has 0 amide bonds. The quantitative estimate of drug-likeness (QED) is 0.583. The number of nitrogens with two attached hydrogens (primary N) is 1. The molecule has 0 aliphatic heterocycles. The number of rotatable bonds is 5. The number of sulfonamides is 1. The molecule has 1 atom stereocenters. The average molecular weight is 230 g/mol. The standard InChI is InChI=1S/C5H14N2O4S2/c1-5(6)3-7-13(10,11)4-12(2,8)9/h5,7H,3-4,6H2,1-2H3. The molecule has 8 heteroatoms. The lowest BCUT2D eigenvalue weighted by molar-refractivity contribution is 0.574. The molecular weight excluding hydrogens is 216 g/mol. The predicted molar refractivity (Wildman–Crippen MR) is 50.3 cm³/mol. The molecule has 0 aliphatic rings. The van der Waals surface area contributed by atoms with Crippen molar-refractivity contribution in [1.82, 2.24) is 4.72 Å². The van der Waals surface area contributed by atoms with E-state index in [0.29, 0.717) is 0 Å². The zero-order valence-electron chi connectivity index (χ0n) is 7.52. The van der Waals surface area contributed by atoms with Crippen molar-refractivity contribution >= 4 is 19.9 Å². The molecule has 0 radical (unpaired) electrons. The van der Waals surface area contributed by atoms with Crippen molar-refractivity contribution in [2.75, 3.05) is 17.9 Å². The molecule has 0 aromatic rings. The molecule has 0 aliphatic carbocycles. The topological polar surface area (TPSA) is 106 Å². The van der Waals surface area contributed by atoms with Crippen molar-refractivity contribution in [2.45, 2.75) is 13.0 Å². The molecule has 0 saturated carbocycles. The molecule has 0 heterocycles. The smallest absolute Gasteiger partial charge is 0.226 e. The summed E-state index contributed by atoms with van der Waals surface area (Å²) in [5, 5.41) is -0.896. The van der Waals surface area contributed by atoms with Crippen molar-refractivity contribution in [3.63, 3.8) is 0 Å². The van der Waals surface area contributed by atoms with E-state index < -0.39 is 24.9 Å². The van der Waals surface area contributed by atoms with Crippen molar-refractivity contribution in [3.05, 3.63) is 0 Å². The van der Waals surface area contributed by atoms with E-state index in [4.69, 9.17) is 5.73 Å². The minimum Gasteiger partial charge on any atom is -0.327 e. The number of sulfone groups is 1. The molecular formula is C5H14N2O4S2. The van der Waals surface area contributed by atoms with Gasteiger partial charge in [0.15, 0.2) is 14.9 Å². The second-order valence-corrected chi connectivity index (χ2v) is 7.30. The highest BCUT2D eigenvalue weighted by molar-refractivity contribution is 8.06. The van der Waals surface area contributed by atoms with Crippen LogP contribution in [-0.4, -0.2) is 40.8 Å². The zero-order valence-corrected chi connectivity index (χ0v) is 9.15. The average Bonchev–Trinajstić information content (AvgIpc) is 1.78. The van der Waals surface area contributed by atoms with Crippen molar-refractivity contribution in [2.24, 2.45) is 5.73 Å². The molecule has 3 N–H and O–H groups in total. The molecule has 6 nitrogen and oxygen atoms in total. The van der Waals surface area contributed by atoms with Gasteiger partial charge in [0.1, 0.15) is 0 Å². The molecule has 0 saturated heterocycles. The van der Waals surface area contributed by atoms with Gasteiger partial charge in [-0.3, -0.25) is 0 Å². The van der Waals surface area contributed by atoms with E-state index in [2.05, 4.69) is 4.72 Å². The van der Waals surface area contributed by atoms with Crippen LogP contribution in [0.2, 0.25) is 0 Å². The van der Waals surface area contributed by atoms with Crippen LogP contribution < -0.4 is 10.5 Å². The van der Waals surface area contributed by atoms with Gasteiger partial charge in [-0.25, -0.2) is 21.6 Å². The first kappa shape index (κ1) is 12.8. The van der Waals surface area contributed by atoms with Gasteiger partial charge in [-0.2, -0.15) is 0 Å². The summed E-state index contributed by atoms with van der Waals surface area (Å²) in [6, 6.07) is -0.339. The Morgan fingerprint density at radius 3 is 2.08 bits per heavy atom. The minimum absolute atomic E-state index is 0.0395. The van der Waals surface area contributed by atoms with E-state index in [0.717, 1.165) is 6.26 Å². The Morgan fingerprint density at radius 1 is 1.31 bits per heavy atom. The third-order valence-corrected chi connectivity index (χ3v) is 4.55.